The van der Waals surface area contributed by atoms with Gasteiger partial charge in [0.1, 0.15) is 5.75 Å². The summed E-state index contributed by atoms with van der Waals surface area (Å²) in [5.41, 5.74) is 9.51. The molecule has 1 aromatic carbocycles. The van der Waals surface area contributed by atoms with Crippen molar-refractivity contribution in [3.05, 3.63) is 41.7 Å². The van der Waals surface area contributed by atoms with E-state index in [1.165, 1.54) is 37.7 Å². The van der Waals surface area contributed by atoms with Crippen molar-refractivity contribution in [2.45, 2.75) is 56.9 Å². The third-order valence-electron chi connectivity index (χ3n) is 5.55. The SMILES string of the molecule is N=N/C(=C\NC1CCCCC1)CN1CCC(c2cccc(O)c2)CC1. The summed E-state index contributed by atoms with van der Waals surface area (Å²) >= 11 is 0. The lowest BCUT2D eigenvalue weighted by Crippen LogP contribution is -2.35. The summed E-state index contributed by atoms with van der Waals surface area (Å²) < 4.78 is 0. The second-order valence-corrected chi connectivity index (χ2v) is 7.39. The van der Waals surface area contributed by atoms with E-state index in [1.54, 1.807) is 6.07 Å². The Morgan fingerprint density at radius 2 is 1.96 bits per heavy atom. The van der Waals surface area contributed by atoms with Crippen molar-refractivity contribution >= 4 is 0 Å². The fraction of sp³-hybridized carbons (Fsp3) is 0.600. The number of nitrogens with zero attached hydrogens (tertiary/aromatic N) is 2. The second-order valence-electron chi connectivity index (χ2n) is 7.39. The third-order valence-corrected chi connectivity index (χ3v) is 5.55. The van der Waals surface area contributed by atoms with Crippen molar-refractivity contribution in [1.82, 2.24) is 10.2 Å². The first-order valence-electron chi connectivity index (χ1n) is 9.58. The number of phenolic OH excluding ortho intramolecular Hbond substituents is 1. The van der Waals surface area contributed by atoms with E-state index in [0.29, 0.717) is 17.7 Å². The molecule has 1 aromatic rings. The molecule has 3 rings (SSSR count). The molecular weight excluding hydrogens is 312 g/mol. The van der Waals surface area contributed by atoms with Gasteiger partial charge in [-0.05, 0) is 62.4 Å². The molecule has 0 bridgehead atoms. The van der Waals surface area contributed by atoms with Crippen molar-refractivity contribution in [3.8, 4) is 5.75 Å². The minimum atomic E-state index is 0.354. The molecule has 3 N–H and O–H groups in total. The van der Waals surface area contributed by atoms with Gasteiger partial charge in [0, 0.05) is 18.8 Å². The van der Waals surface area contributed by atoms with Crippen LogP contribution in [0.2, 0.25) is 0 Å². The molecule has 0 unspecified atom stereocenters. The van der Waals surface area contributed by atoms with Crippen molar-refractivity contribution in [3.63, 3.8) is 0 Å². The summed E-state index contributed by atoms with van der Waals surface area (Å²) in [6.45, 7) is 2.77. The molecule has 1 aliphatic carbocycles. The maximum absolute atomic E-state index is 9.65. The zero-order chi connectivity index (χ0) is 17.5. The monoisotopic (exact) mass is 342 g/mol. The highest BCUT2D eigenvalue weighted by Gasteiger charge is 2.21. The van der Waals surface area contributed by atoms with Crippen LogP contribution in [0.15, 0.2) is 41.3 Å². The Kier molecular flexibility index (Phi) is 6.45. The number of aromatic hydroxyl groups is 1. The molecule has 1 saturated heterocycles. The van der Waals surface area contributed by atoms with Gasteiger partial charge in [-0.15, -0.1) is 0 Å². The molecule has 0 amide bonds. The number of benzene rings is 1. The Bertz CT molecular complexity index is 587. The van der Waals surface area contributed by atoms with Crippen LogP contribution in [0.5, 0.6) is 5.75 Å². The molecule has 25 heavy (non-hydrogen) atoms. The third kappa shape index (κ3) is 5.30. The first-order chi connectivity index (χ1) is 12.2. The molecule has 5 nitrogen and oxygen atoms in total. The normalized spacial score (nSPS) is 21.2. The number of hydrogen-bond donors (Lipinski definition) is 3. The van der Waals surface area contributed by atoms with Gasteiger partial charge < -0.3 is 10.4 Å². The van der Waals surface area contributed by atoms with E-state index < -0.39 is 0 Å². The number of likely N-dealkylation sites (tertiary alicyclic amines) is 1. The Morgan fingerprint density at radius 1 is 1.20 bits per heavy atom. The smallest absolute Gasteiger partial charge is 0.115 e. The van der Waals surface area contributed by atoms with E-state index in [1.807, 2.05) is 18.3 Å². The van der Waals surface area contributed by atoms with Crippen LogP contribution >= 0.6 is 0 Å². The van der Waals surface area contributed by atoms with E-state index >= 15 is 0 Å². The summed E-state index contributed by atoms with van der Waals surface area (Å²) in [5, 5.41) is 16.9. The van der Waals surface area contributed by atoms with Gasteiger partial charge in [-0.1, -0.05) is 31.4 Å². The summed E-state index contributed by atoms with van der Waals surface area (Å²) in [4.78, 5) is 2.38. The molecule has 0 aromatic heterocycles. The van der Waals surface area contributed by atoms with E-state index in [9.17, 15) is 5.11 Å². The number of hydrogen-bond acceptors (Lipinski definition) is 5. The molecule has 0 spiro atoms. The fourth-order valence-electron chi connectivity index (χ4n) is 4.03. The molecule has 136 valence electrons. The van der Waals surface area contributed by atoms with Crippen LogP contribution in [-0.2, 0) is 0 Å². The lowest BCUT2D eigenvalue weighted by atomic mass is 9.89. The highest BCUT2D eigenvalue weighted by molar-refractivity contribution is 5.30. The predicted molar refractivity (Wildman–Crippen MR) is 99.8 cm³/mol. The van der Waals surface area contributed by atoms with Crippen LogP contribution in [0.4, 0.5) is 0 Å². The van der Waals surface area contributed by atoms with E-state index in [2.05, 4.69) is 21.4 Å². The highest BCUT2D eigenvalue weighted by atomic mass is 16.3. The van der Waals surface area contributed by atoms with Crippen molar-refractivity contribution < 1.29 is 5.11 Å². The lowest BCUT2D eigenvalue weighted by Gasteiger charge is -2.32. The Labute approximate surface area is 150 Å². The van der Waals surface area contributed by atoms with Gasteiger partial charge in [0.15, 0.2) is 0 Å². The average Bonchev–Trinajstić information content (AvgIpc) is 2.66. The number of rotatable bonds is 6. The van der Waals surface area contributed by atoms with E-state index in [-0.39, 0.29) is 0 Å². The van der Waals surface area contributed by atoms with Gasteiger partial charge in [-0.2, -0.15) is 5.11 Å². The maximum Gasteiger partial charge on any atom is 0.115 e. The van der Waals surface area contributed by atoms with Crippen LogP contribution in [0, 0.1) is 5.53 Å². The molecule has 5 heteroatoms. The summed E-state index contributed by atoms with van der Waals surface area (Å²) in [7, 11) is 0. The largest absolute Gasteiger partial charge is 0.508 e. The van der Waals surface area contributed by atoms with Crippen molar-refractivity contribution in [2.24, 2.45) is 5.11 Å². The minimum absolute atomic E-state index is 0.354. The van der Waals surface area contributed by atoms with Gasteiger partial charge in [0.05, 0.1) is 5.70 Å². The second kappa shape index (κ2) is 8.99. The van der Waals surface area contributed by atoms with E-state index in [0.717, 1.165) is 38.2 Å². The molecule has 2 fully saturated rings. The summed E-state index contributed by atoms with van der Waals surface area (Å²) in [5.74, 6) is 0.871. The Balaban J connectivity index is 1.47. The van der Waals surface area contributed by atoms with Crippen molar-refractivity contribution in [2.75, 3.05) is 19.6 Å². The average molecular weight is 342 g/mol. The quantitative estimate of drug-likeness (QED) is 0.672. The van der Waals surface area contributed by atoms with Gasteiger partial charge in [-0.3, -0.25) is 4.90 Å². The van der Waals surface area contributed by atoms with Crippen LogP contribution < -0.4 is 5.32 Å². The maximum atomic E-state index is 9.65. The van der Waals surface area contributed by atoms with Crippen LogP contribution in [0.1, 0.15) is 56.4 Å². The topological polar surface area (TPSA) is 71.7 Å². The standard InChI is InChI=1S/C20H30N4O/c21-23-19(14-22-18-6-2-1-3-7-18)15-24-11-9-16(10-12-24)17-5-4-8-20(25)13-17/h4-5,8,13-14,16,18,21-22,25H,1-3,6-7,9-12,15H2/b19-14-,23-21?. The first-order valence-corrected chi connectivity index (χ1v) is 9.58. The molecule has 1 saturated carbocycles. The zero-order valence-corrected chi connectivity index (χ0v) is 15.0. The Hall–Kier alpha value is -1.88. The number of phenols is 1. The lowest BCUT2D eigenvalue weighted by molar-refractivity contribution is 0.226. The van der Waals surface area contributed by atoms with Crippen LogP contribution in [0.25, 0.3) is 0 Å². The highest BCUT2D eigenvalue weighted by Crippen LogP contribution is 2.30. The summed E-state index contributed by atoms with van der Waals surface area (Å²) in [6, 6.07) is 8.21. The number of piperidine rings is 1. The van der Waals surface area contributed by atoms with Crippen LogP contribution in [-0.4, -0.2) is 35.7 Å². The zero-order valence-electron chi connectivity index (χ0n) is 15.0. The number of nitrogens with one attached hydrogen (secondary N) is 2. The van der Waals surface area contributed by atoms with Gasteiger partial charge in [0.2, 0.25) is 0 Å². The molecule has 2 aliphatic rings. The summed E-state index contributed by atoms with van der Waals surface area (Å²) in [6.07, 6.45) is 10.6. The molecule has 1 aliphatic heterocycles. The molecular formula is C20H30N4O. The van der Waals surface area contributed by atoms with Gasteiger partial charge in [0.25, 0.3) is 0 Å². The van der Waals surface area contributed by atoms with Gasteiger partial charge >= 0.3 is 0 Å². The molecule has 1 heterocycles. The first kappa shape index (κ1) is 17.9. The molecule has 0 radical (unpaired) electrons. The Morgan fingerprint density at radius 3 is 2.64 bits per heavy atom. The fourth-order valence-corrected chi connectivity index (χ4v) is 4.03. The van der Waals surface area contributed by atoms with E-state index in [4.69, 9.17) is 5.53 Å². The molecule has 0 atom stereocenters. The van der Waals surface area contributed by atoms with Gasteiger partial charge in [-0.25, -0.2) is 5.53 Å². The van der Waals surface area contributed by atoms with Crippen LogP contribution in [0.3, 0.4) is 0 Å². The minimum Gasteiger partial charge on any atom is -0.508 e. The van der Waals surface area contributed by atoms with Crippen molar-refractivity contribution in [1.29, 1.82) is 5.53 Å². The predicted octanol–water partition coefficient (Wildman–Crippen LogP) is 4.37.